The highest BCUT2D eigenvalue weighted by molar-refractivity contribution is 7.86. The van der Waals surface area contributed by atoms with Gasteiger partial charge in [0.1, 0.15) is 0 Å². The molecule has 9 nitrogen and oxygen atoms in total. The lowest BCUT2D eigenvalue weighted by Gasteiger charge is -2.60. The van der Waals surface area contributed by atoms with Crippen LogP contribution < -0.4 is 5.32 Å². The van der Waals surface area contributed by atoms with Crippen molar-refractivity contribution in [2.24, 2.45) is 29.1 Å². The van der Waals surface area contributed by atoms with E-state index < -0.39 is 10.2 Å². The molecular formula is C24H42N4O5S. The summed E-state index contributed by atoms with van der Waals surface area (Å²) in [6, 6.07) is 0. The van der Waals surface area contributed by atoms with Crippen LogP contribution in [0.25, 0.3) is 0 Å². The number of carbonyl (C=O) groups excluding carboxylic acids is 2. The second-order valence-corrected chi connectivity index (χ2v) is 13.1. The summed E-state index contributed by atoms with van der Waals surface area (Å²) in [5.74, 6) is 1.50. The highest BCUT2D eigenvalue weighted by atomic mass is 32.2. The van der Waals surface area contributed by atoms with Crippen molar-refractivity contribution in [3.8, 4) is 0 Å². The van der Waals surface area contributed by atoms with E-state index in [1.54, 1.807) is 6.92 Å². The van der Waals surface area contributed by atoms with Crippen LogP contribution in [0.5, 0.6) is 0 Å². The van der Waals surface area contributed by atoms with Gasteiger partial charge in [0.2, 0.25) is 5.91 Å². The first-order valence-corrected chi connectivity index (χ1v) is 14.4. The first-order chi connectivity index (χ1) is 16.1. The van der Waals surface area contributed by atoms with Crippen LogP contribution in [-0.2, 0) is 24.5 Å². The molecule has 2 aliphatic heterocycles. The zero-order chi connectivity index (χ0) is 24.5. The number of ether oxygens (including phenoxy) is 1. The number of fused-ring (bicyclic) bond motifs is 2. The summed E-state index contributed by atoms with van der Waals surface area (Å²) in [6.45, 7) is 10.1. The molecule has 1 unspecified atom stereocenters. The van der Waals surface area contributed by atoms with Gasteiger partial charge in [-0.3, -0.25) is 14.5 Å². The number of nitrogens with one attached hydrogen (secondary N) is 1. The molecule has 2 bridgehead atoms. The quantitative estimate of drug-likeness (QED) is 0.507. The minimum Gasteiger partial charge on any atom is -0.465 e. The highest BCUT2D eigenvalue weighted by Crippen LogP contribution is 2.61. The van der Waals surface area contributed by atoms with Gasteiger partial charge in [0.05, 0.1) is 19.1 Å². The van der Waals surface area contributed by atoms with Crippen LogP contribution in [0.4, 0.5) is 0 Å². The largest absolute Gasteiger partial charge is 0.465 e. The van der Waals surface area contributed by atoms with Crippen molar-refractivity contribution in [3.05, 3.63) is 0 Å². The molecule has 3 saturated carbocycles. The van der Waals surface area contributed by atoms with E-state index in [2.05, 4.69) is 19.2 Å². The lowest BCUT2D eigenvalue weighted by atomic mass is 9.45. The van der Waals surface area contributed by atoms with E-state index in [0.29, 0.717) is 69.5 Å². The highest BCUT2D eigenvalue weighted by Gasteiger charge is 2.54. The molecule has 4 atom stereocenters. The average molecular weight is 499 g/mol. The van der Waals surface area contributed by atoms with Crippen molar-refractivity contribution in [2.45, 2.75) is 52.9 Å². The molecule has 5 aliphatic rings. The lowest BCUT2D eigenvalue weighted by molar-refractivity contribution is -0.144. The van der Waals surface area contributed by atoms with E-state index in [-0.39, 0.29) is 30.9 Å². The Morgan fingerprint density at radius 2 is 1.76 bits per heavy atom. The number of esters is 1. The summed E-state index contributed by atoms with van der Waals surface area (Å²) >= 11 is 0. The molecule has 2 saturated heterocycles. The standard InChI is InChI=1S/C24H42N4O5S/c1-4-33-22(29)17-26-10-12-27(13-11-26)34(31,32)28-9-5-6-19(16-28)23(30)25-15-18-7-8-20-14-21(18)24(20,2)3/h18-21H,4-17H2,1-3H3,(H,25,30)/t18-,19?,20-,21-/m0/s1. The van der Waals surface area contributed by atoms with Crippen LogP contribution in [0.1, 0.15) is 52.9 Å². The van der Waals surface area contributed by atoms with Crippen LogP contribution in [0.2, 0.25) is 0 Å². The van der Waals surface area contributed by atoms with Gasteiger partial charge in [-0.2, -0.15) is 17.0 Å². The third-order valence-corrected chi connectivity index (χ3v) is 10.9. The predicted octanol–water partition coefficient (Wildman–Crippen LogP) is 1.31. The normalized spacial score (nSPS) is 32.6. The van der Waals surface area contributed by atoms with E-state index >= 15 is 0 Å². The Labute approximate surface area is 204 Å². The molecule has 0 spiro atoms. The molecule has 0 aromatic rings. The Hall–Kier alpha value is -1.23. The molecule has 5 fully saturated rings. The Bertz CT molecular complexity index is 853. The van der Waals surface area contributed by atoms with Gasteiger partial charge in [-0.15, -0.1) is 0 Å². The first-order valence-electron chi connectivity index (χ1n) is 13.0. The summed E-state index contributed by atoms with van der Waals surface area (Å²) in [5, 5.41) is 3.18. The number of carbonyl (C=O) groups is 2. The molecule has 194 valence electrons. The fourth-order valence-corrected chi connectivity index (χ4v) is 8.30. The van der Waals surface area contributed by atoms with Crippen LogP contribution >= 0.6 is 0 Å². The first kappa shape index (κ1) is 25.9. The van der Waals surface area contributed by atoms with Crippen LogP contribution in [0, 0.1) is 29.1 Å². The molecule has 3 aliphatic carbocycles. The zero-order valence-corrected chi connectivity index (χ0v) is 21.8. The summed E-state index contributed by atoms with van der Waals surface area (Å²) in [7, 11) is -3.62. The fourth-order valence-electron chi connectivity index (χ4n) is 6.62. The van der Waals surface area contributed by atoms with Crippen molar-refractivity contribution >= 4 is 22.1 Å². The molecule has 0 aromatic heterocycles. The number of piperazine rings is 1. The number of rotatable bonds is 8. The molecule has 34 heavy (non-hydrogen) atoms. The van der Waals surface area contributed by atoms with Crippen LogP contribution in [0.15, 0.2) is 0 Å². The Morgan fingerprint density at radius 1 is 1.03 bits per heavy atom. The minimum absolute atomic E-state index is 0.00147. The lowest BCUT2D eigenvalue weighted by Crippen LogP contribution is -2.56. The number of piperidine rings is 1. The summed E-state index contributed by atoms with van der Waals surface area (Å²) < 4.78 is 34.5. The van der Waals surface area contributed by atoms with Gasteiger partial charge < -0.3 is 10.1 Å². The number of nitrogens with zero attached hydrogens (tertiary/aromatic N) is 3. The molecule has 10 heteroatoms. The van der Waals surface area contributed by atoms with Gasteiger partial charge in [-0.1, -0.05) is 13.8 Å². The third-order valence-electron chi connectivity index (χ3n) is 8.94. The molecule has 1 N–H and O–H groups in total. The topological polar surface area (TPSA) is 99.3 Å². The maximum absolute atomic E-state index is 13.3. The number of hydrogen-bond donors (Lipinski definition) is 1. The van der Waals surface area contributed by atoms with E-state index in [9.17, 15) is 18.0 Å². The number of hydrogen-bond acceptors (Lipinski definition) is 6. The zero-order valence-electron chi connectivity index (χ0n) is 21.0. The number of amides is 1. The van der Waals surface area contributed by atoms with E-state index in [4.69, 9.17) is 4.74 Å². The average Bonchev–Trinajstić information content (AvgIpc) is 2.83. The van der Waals surface area contributed by atoms with Gasteiger partial charge >= 0.3 is 5.97 Å². The molecule has 1 amide bonds. The van der Waals surface area contributed by atoms with Crippen LogP contribution in [0.3, 0.4) is 0 Å². The molecular weight excluding hydrogens is 456 g/mol. The van der Waals surface area contributed by atoms with Gasteiger partial charge in [-0.05, 0) is 62.2 Å². The maximum atomic E-state index is 13.3. The van der Waals surface area contributed by atoms with E-state index in [1.807, 2.05) is 4.90 Å². The fraction of sp³-hybridized carbons (Fsp3) is 0.917. The molecule has 0 radical (unpaired) electrons. The summed E-state index contributed by atoms with van der Waals surface area (Å²) in [5.41, 5.74) is 0.393. The van der Waals surface area contributed by atoms with Crippen molar-refractivity contribution in [1.29, 1.82) is 0 Å². The van der Waals surface area contributed by atoms with Gasteiger partial charge in [0, 0.05) is 45.8 Å². The third kappa shape index (κ3) is 5.29. The Kier molecular flexibility index (Phi) is 7.91. The van der Waals surface area contributed by atoms with E-state index in [1.165, 1.54) is 27.9 Å². The van der Waals surface area contributed by atoms with Gasteiger partial charge in [0.15, 0.2) is 0 Å². The smallest absolute Gasteiger partial charge is 0.320 e. The second kappa shape index (κ2) is 10.4. The summed E-state index contributed by atoms with van der Waals surface area (Å²) in [6.07, 6.45) is 5.16. The van der Waals surface area contributed by atoms with Gasteiger partial charge in [-0.25, -0.2) is 0 Å². The van der Waals surface area contributed by atoms with Crippen molar-refractivity contribution < 1.29 is 22.7 Å². The van der Waals surface area contributed by atoms with E-state index in [0.717, 1.165) is 12.3 Å². The minimum atomic E-state index is -3.62. The Balaban J connectivity index is 1.25. The monoisotopic (exact) mass is 498 g/mol. The second-order valence-electron chi connectivity index (χ2n) is 11.1. The maximum Gasteiger partial charge on any atom is 0.320 e. The summed E-state index contributed by atoms with van der Waals surface area (Å²) in [4.78, 5) is 26.6. The molecule has 5 rings (SSSR count). The van der Waals surface area contributed by atoms with Crippen LogP contribution in [-0.4, -0.2) is 92.8 Å². The van der Waals surface area contributed by atoms with Gasteiger partial charge in [0.25, 0.3) is 10.2 Å². The van der Waals surface area contributed by atoms with Crippen molar-refractivity contribution in [3.63, 3.8) is 0 Å². The predicted molar refractivity (Wildman–Crippen MR) is 129 cm³/mol. The molecule has 2 heterocycles. The Morgan fingerprint density at radius 3 is 2.41 bits per heavy atom. The van der Waals surface area contributed by atoms with Crippen molar-refractivity contribution in [2.75, 3.05) is 59.0 Å². The van der Waals surface area contributed by atoms with Crippen molar-refractivity contribution in [1.82, 2.24) is 18.8 Å². The SMILES string of the molecule is CCOC(=O)CN1CCN(S(=O)(=O)N2CCCC(C(=O)NC[C@@H]3CC[C@H]4C[C@@H]3C4(C)C)C2)CC1. The molecule has 0 aromatic carbocycles.